The van der Waals surface area contributed by atoms with Crippen LogP contribution in [0.25, 0.3) is 49.9 Å². The highest BCUT2D eigenvalue weighted by molar-refractivity contribution is 6.30. The Hall–Kier alpha value is -6.82. The molecular formula is C48H33ClN4O. The molecule has 0 spiro atoms. The van der Waals surface area contributed by atoms with Crippen LogP contribution in [0.2, 0.25) is 5.02 Å². The molecule has 0 saturated heterocycles. The number of aromatic nitrogens is 2. The lowest BCUT2D eigenvalue weighted by Gasteiger charge is -2.27. The summed E-state index contributed by atoms with van der Waals surface area (Å²) in [6, 6.07) is 32.5. The highest BCUT2D eigenvalue weighted by Crippen LogP contribution is 2.50. The molecule has 0 unspecified atom stereocenters. The number of nitrogens with zero attached hydrogens (tertiary/aromatic N) is 4. The Balaban J connectivity index is 1.10. The van der Waals surface area contributed by atoms with Crippen molar-refractivity contribution < 1.29 is 18.4 Å². The third-order valence-electron chi connectivity index (χ3n) is 9.54. The van der Waals surface area contributed by atoms with Crippen molar-refractivity contribution in [3.63, 3.8) is 0 Å². The predicted molar refractivity (Wildman–Crippen MR) is 223 cm³/mol. The van der Waals surface area contributed by atoms with Crippen LogP contribution in [0, 0.1) is 0 Å². The quantitative estimate of drug-likeness (QED) is 0.164. The van der Waals surface area contributed by atoms with Gasteiger partial charge in [0.05, 0.1) is 41.8 Å². The molecular weight excluding hydrogens is 684 g/mol. The lowest BCUT2D eigenvalue weighted by molar-refractivity contribution is 0.483. The molecule has 0 amide bonds. The average Bonchev–Trinajstić information content (AvgIpc) is 3.85. The summed E-state index contributed by atoms with van der Waals surface area (Å²) in [5.41, 5.74) is 4.53. The second-order valence-electron chi connectivity index (χ2n) is 12.7. The standard InChI is InChI=1S/C48H33ClN4O/c49-35-27-28-50-47(29-35)53-43-22-8-7-19-41(43)42-26-25-38(31-46(42)53)54-37-18-11-17-36(30-37)51-32-52(45-24-10-9-23-44(45)51)48-39(33-13-3-1-4-14-33)20-12-21-40(48)34-15-5-2-6-16-34/h1-31H,32H2/i1D,2D,3D,4D,5D,6D,13D,14D,15D,16D. The van der Waals surface area contributed by atoms with E-state index in [-0.39, 0.29) is 28.9 Å². The SMILES string of the molecule is [2H]c1c([2H])c([2H])c(-c2cccc(-c3c([2H])c([2H])c([2H])c([2H])c3[2H])c2N2CN(c3cccc(Oc4ccc5c6ccccc6n(-c6cc(Cl)ccn6)c5c4)c3)c3ccccc32)c([2H])c1[2H]. The van der Waals surface area contributed by atoms with Crippen molar-refractivity contribution in [2.24, 2.45) is 0 Å². The van der Waals surface area contributed by atoms with E-state index in [0.29, 0.717) is 33.7 Å². The number of benzene rings is 7. The normalized spacial score (nSPS) is 15.0. The minimum Gasteiger partial charge on any atom is -0.457 e. The third-order valence-corrected chi connectivity index (χ3v) is 9.77. The highest BCUT2D eigenvalue weighted by atomic mass is 35.5. The molecule has 6 heteroatoms. The van der Waals surface area contributed by atoms with Crippen molar-refractivity contribution in [3.8, 4) is 39.6 Å². The Morgan fingerprint density at radius 3 is 1.96 bits per heavy atom. The van der Waals surface area contributed by atoms with E-state index in [9.17, 15) is 0 Å². The summed E-state index contributed by atoms with van der Waals surface area (Å²) in [5, 5.41) is 2.62. The number of ether oxygens (including phenoxy) is 1. The van der Waals surface area contributed by atoms with Crippen LogP contribution in [0.5, 0.6) is 11.5 Å². The summed E-state index contributed by atoms with van der Waals surface area (Å²) in [4.78, 5) is 8.53. The van der Waals surface area contributed by atoms with E-state index in [0.717, 1.165) is 33.2 Å². The lowest BCUT2D eigenvalue weighted by atomic mass is 9.95. The highest BCUT2D eigenvalue weighted by Gasteiger charge is 2.31. The van der Waals surface area contributed by atoms with Crippen molar-refractivity contribution in [2.75, 3.05) is 16.5 Å². The maximum absolute atomic E-state index is 8.98. The molecule has 54 heavy (non-hydrogen) atoms. The molecule has 0 N–H and O–H groups in total. The van der Waals surface area contributed by atoms with Crippen LogP contribution >= 0.6 is 11.6 Å². The number of para-hydroxylation sites is 4. The van der Waals surface area contributed by atoms with Crippen molar-refractivity contribution in [2.45, 2.75) is 0 Å². The van der Waals surface area contributed by atoms with Gasteiger partial charge in [-0.15, -0.1) is 0 Å². The first-order chi connectivity index (χ1) is 30.8. The van der Waals surface area contributed by atoms with Crippen molar-refractivity contribution in [1.82, 2.24) is 9.55 Å². The zero-order valence-electron chi connectivity index (χ0n) is 38.4. The van der Waals surface area contributed by atoms with Gasteiger partial charge in [0.15, 0.2) is 0 Å². The molecule has 0 radical (unpaired) electrons. The molecule has 258 valence electrons. The molecule has 1 aliphatic heterocycles. The molecule has 2 aromatic heterocycles. The van der Waals surface area contributed by atoms with E-state index in [2.05, 4.69) is 15.6 Å². The van der Waals surface area contributed by atoms with Crippen molar-refractivity contribution in [1.29, 1.82) is 0 Å². The number of hydrogen-bond acceptors (Lipinski definition) is 4. The minimum absolute atomic E-state index is 0.0938. The molecule has 5 nitrogen and oxygen atoms in total. The lowest BCUT2D eigenvalue weighted by Crippen LogP contribution is -2.24. The molecule has 7 aromatic carbocycles. The molecule has 0 bridgehead atoms. The Kier molecular flexibility index (Phi) is 5.66. The first-order valence-electron chi connectivity index (χ1n) is 22.2. The fraction of sp³-hybridized carbons (Fsp3) is 0.0208. The van der Waals surface area contributed by atoms with E-state index < -0.39 is 60.4 Å². The van der Waals surface area contributed by atoms with E-state index >= 15 is 0 Å². The topological polar surface area (TPSA) is 33.5 Å². The predicted octanol–water partition coefficient (Wildman–Crippen LogP) is 13.2. The fourth-order valence-corrected chi connectivity index (χ4v) is 7.41. The number of halogens is 1. The summed E-state index contributed by atoms with van der Waals surface area (Å²) < 4.78 is 95.3. The number of fused-ring (bicyclic) bond motifs is 4. The van der Waals surface area contributed by atoms with Crippen LogP contribution in [-0.2, 0) is 0 Å². The number of pyridine rings is 1. The van der Waals surface area contributed by atoms with Crippen LogP contribution in [-0.4, -0.2) is 16.2 Å². The molecule has 9 aromatic rings. The van der Waals surface area contributed by atoms with Gasteiger partial charge in [-0.1, -0.05) is 127 Å². The largest absolute Gasteiger partial charge is 0.457 e. The van der Waals surface area contributed by atoms with Gasteiger partial charge in [-0.2, -0.15) is 0 Å². The smallest absolute Gasteiger partial charge is 0.139 e. The summed E-state index contributed by atoms with van der Waals surface area (Å²) in [6.45, 7) is 0.114. The summed E-state index contributed by atoms with van der Waals surface area (Å²) in [7, 11) is 0. The van der Waals surface area contributed by atoms with Gasteiger partial charge in [-0.25, -0.2) is 4.98 Å². The number of hydrogen-bond donors (Lipinski definition) is 0. The van der Waals surface area contributed by atoms with Gasteiger partial charge in [0.2, 0.25) is 0 Å². The fourth-order valence-electron chi connectivity index (χ4n) is 7.26. The van der Waals surface area contributed by atoms with E-state index in [1.807, 2.05) is 101 Å². The van der Waals surface area contributed by atoms with Crippen molar-refractivity contribution >= 4 is 56.2 Å². The molecule has 0 saturated carbocycles. The van der Waals surface area contributed by atoms with E-state index in [4.69, 9.17) is 30.0 Å². The second kappa shape index (κ2) is 13.3. The van der Waals surface area contributed by atoms with E-state index in [1.165, 1.54) is 0 Å². The van der Waals surface area contributed by atoms with Gasteiger partial charge < -0.3 is 14.5 Å². The number of anilines is 4. The minimum atomic E-state index is -0.553. The van der Waals surface area contributed by atoms with Crippen LogP contribution in [0.1, 0.15) is 13.7 Å². The maximum atomic E-state index is 8.98. The van der Waals surface area contributed by atoms with Crippen LogP contribution in [0.15, 0.2) is 188 Å². The summed E-state index contributed by atoms with van der Waals surface area (Å²) in [6.07, 6.45) is 1.67. The average molecular weight is 727 g/mol. The van der Waals surface area contributed by atoms with Crippen LogP contribution < -0.4 is 14.5 Å². The van der Waals surface area contributed by atoms with Gasteiger partial charge in [0.1, 0.15) is 24.0 Å². The molecule has 0 aliphatic carbocycles. The zero-order valence-corrected chi connectivity index (χ0v) is 29.2. The van der Waals surface area contributed by atoms with Gasteiger partial charge >= 0.3 is 0 Å². The number of rotatable bonds is 7. The molecule has 3 heterocycles. The Morgan fingerprint density at radius 2 is 1.22 bits per heavy atom. The zero-order chi connectivity index (χ0) is 44.7. The molecule has 1 aliphatic rings. The maximum Gasteiger partial charge on any atom is 0.139 e. The first-order valence-corrected chi connectivity index (χ1v) is 17.6. The molecule has 0 atom stereocenters. The van der Waals surface area contributed by atoms with Crippen LogP contribution in [0.4, 0.5) is 22.7 Å². The van der Waals surface area contributed by atoms with Gasteiger partial charge in [0.25, 0.3) is 0 Å². The van der Waals surface area contributed by atoms with Gasteiger partial charge in [0, 0.05) is 57.0 Å². The third kappa shape index (κ3) is 5.54. The Bertz CT molecular complexity index is 3270. The van der Waals surface area contributed by atoms with Gasteiger partial charge in [-0.3, -0.25) is 4.57 Å². The molecule has 0 fully saturated rings. The summed E-state index contributed by atoms with van der Waals surface area (Å²) in [5.74, 6) is 1.78. The van der Waals surface area contributed by atoms with Crippen LogP contribution in [0.3, 0.4) is 0 Å². The van der Waals surface area contributed by atoms with E-state index in [1.54, 1.807) is 30.5 Å². The first kappa shape index (κ1) is 23.0. The summed E-state index contributed by atoms with van der Waals surface area (Å²) >= 11 is 6.42. The monoisotopic (exact) mass is 726 g/mol. The van der Waals surface area contributed by atoms with Crippen molar-refractivity contribution in [3.05, 3.63) is 193 Å². The van der Waals surface area contributed by atoms with Gasteiger partial charge in [-0.05, 0) is 59.7 Å². The Labute approximate surface area is 332 Å². The molecule has 10 rings (SSSR count). The Morgan fingerprint density at radius 1 is 0.574 bits per heavy atom. The second-order valence-corrected chi connectivity index (χ2v) is 13.1.